The summed E-state index contributed by atoms with van der Waals surface area (Å²) in [5.41, 5.74) is 1.49. The van der Waals surface area contributed by atoms with E-state index in [1.807, 2.05) is 24.3 Å². The number of hydrogen-bond donors (Lipinski definition) is 0. The minimum atomic E-state index is 0.692. The van der Waals surface area contributed by atoms with E-state index in [0.717, 1.165) is 36.2 Å². The number of benzene rings is 1. The molecule has 0 aliphatic carbocycles. The molecule has 0 saturated carbocycles. The van der Waals surface area contributed by atoms with Crippen molar-refractivity contribution in [1.82, 2.24) is 0 Å². The summed E-state index contributed by atoms with van der Waals surface area (Å²) in [6.45, 7) is 1.97. The molecular weight excluding hydrogens is 202 g/mol. The van der Waals surface area contributed by atoms with Crippen LogP contribution in [0.3, 0.4) is 0 Å². The fourth-order valence-corrected chi connectivity index (χ4v) is 2.32. The lowest BCUT2D eigenvalue weighted by molar-refractivity contribution is 0.112. The van der Waals surface area contributed by atoms with Crippen molar-refractivity contribution in [2.24, 2.45) is 0 Å². The Kier molecular flexibility index (Phi) is 2.17. The van der Waals surface area contributed by atoms with Gasteiger partial charge in [0.05, 0.1) is 5.56 Å². The predicted molar refractivity (Wildman–Crippen MR) is 63.0 cm³/mol. The number of carbonyl (C=O) groups is 1. The summed E-state index contributed by atoms with van der Waals surface area (Å²) >= 11 is 0. The van der Waals surface area contributed by atoms with Gasteiger partial charge in [-0.3, -0.25) is 4.79 Å². The van der Waals surface area contributed by atoms with E-state index in [4.69, 9.17) is 4.42 Å². The highest BCUT2D eigenvalue weighted by atomic mass is 16.4. The number of hydrogen-bond acceptors (Lipinski definition) is 3. The van der Waals surface area contributed by atoms with Crippen molar-refractivity contribution in [2.75, 3.05) is 18.0 Å². The van der Waals surface area contributed by atoms with Crippen LogP contribution in [0.5, 0.6) is 0 Å². The van der Waals surface area contributed by atoms with Crippen molar-refractivity contribution in [3.05, 3.63) is 29.8 Å². The highest BCUT2D eigenvalue weighted by molar-refractivity contribution is 6.01. The third-order valence-corrected chi connectivity index (χ3v) is 3.13. The van der Waals surface area contributed by atoms with Crippen LogP contribution >= 0.6 is 0 Å². The van der Waals surface area contributed by atoms with Crippen LogP contribution in [0.4, 0.5) is 5.88 Å². The van der Waals surface area contributed by atoms with Gasteiger partial charge in [-0.05, 0) is 18.9 Å². The van der Waals surface area contributed by atoms with Crippen LogP contribution in [-0.2, 0) is 0 Å². The molecule has 0 amide bonds. The molecule has 0 unspecified atom stereocenters. The average Bonchev–Trinajstić information content (AvgIpc) is 2.95. The van der Waals surface area contributed by atoms with Crippen LogP contribution in [0.1, 0.15) is 23.2 Å². The number of aldehydes is 1. The summed E-state index contributed by atoms with van der Waals surface area (Å²) in [5.74, 6) is 0.744. The molecule has 0 radical (unpaired) electrons. The number of nitrogens with zero attached hydrogens (tertiary/aromatic N) is 1. The SMILES string of the molecule is O=Cc1c(N2CCCC2)oc2ccccc12. The fraction of sp³-hybridized carbons (Fsp3) is 0.308. The molecule has 0 spiro atoms. The highest BCUT2D eigenvalue weighted by Crippen LogP contribution is 2.32. The molecule has 0 bridgehead atoms. The first-order valence-electron chi connectivity index (χ1n) is 5.62. The molecule has 1 fully saturated rings. The molecule has 3 rings (SSSR count). The molecule has 2 aromatic rings. The molecule has 3 nitrogen and oxygen atoms in total. The molecule has 1 aliphatic heterocycles. The maximum atomic E-state index is 11.2. The van der Waals surface area contributed by atoms with Gasteiger partial charge in [0.2, 0.25) is 5.88 Å². The van der Waals surface area contributed by atoms with Crippen LogP contribution < -0.4 is 4.90 Å². The Bertz CT molecular complexity index is 524. The van der Waals surface area contributed by atoms with E-state index in [2.05, 4.69) is 4.90 Å². The van der Waals surface area contributed by atoms with Crippen molar-refractivity contribution in [3.63, 3.8) is 0 Å². The van der Waals surface area contributed by atoms with Crippen LogP contribution in [0.2, 0.25) is 0 Å². The zero-order valence-corrected chi connectivity index (χ0v) is 8.98. The largest absolute Gasteiger partial charge is 0.440 e. The first-order valence-corrected chi connectivity index (χ1v) is 5.62. The molecule has 0 N–H and O–H groups in total. The third kappa shape index (κ3) is 1.32. The Labute approximate surface area is 93.6 Å². The highest BCUT2D eigenvalue weighted by Gasteiger charge is 2.21. The second kappa shape index (κ2) is 3.67. The smallest absolute Gasteiger partial charge is 0.207 e. The van der Waals surface area contributed by atoms with Gasteiger partial charge in [-0.2, -0.15) is 0 Å². The fourth-order valence-electron chi connectivity index (χ4n) is 2.32. The quantitative estimate of drug-likeness (QED) is 0.722. The number of furan rings is 1. The Balaban J connectivity index is 2.19. The molecule has 16 heavy (non-hydrogen) atoms. The molecule has 0 atom stereocenters. The van der Waals surface area contributed by atoms with Crippen molar-refractivity contribution in [2.45, 2.75) is 12.8 Å². The van der Waals surface area contributed by atoms with Gasteiger partial charge in [0.1, 0.15) is 5.58 Å². The van der Waals surface area contributed by atoms with Gasteiger partial charge in [-0.25, -0.2) is 0 Å². The minimum absolute atomic E-state index is 0.692. The number of para-hydroxylation sites is 1. The van der Waals surface area contributed by atoms with Crippen LogP contribution in [0.25, 0.3) is 11.0 Å². The van der Waals surface area contributed by atoms with Crippen molar-refractivity contribution < 1.29 is 9.21 Å². The van der Waals surface area contributed by atoms with Crippen LogP contribution in [0.15, 0.2) is 28.7 Å². The summed E-state index contributed by atoms with van der Waals surface area (Å²) in [4.78, 5) is 13.3. The van der Waals surface area contributed by atoms with Crippen molar-refractivity contribution in [3.8, 4) is 0 Å². The van der Waals surface area contributed by atoms with Crippen molar-refractivity contribution >= 4 is 23.1 Å². The Morgan fingerprint density at radius 3 is 2.69 bits per heavy atom. The van der Waals surface area contributed by atoms with Gasteiger partial charge in [0.25, 0.3) is 0 Å². The number of carbonyl (C=O) groups excluding carboxylic acids is 1. The third-order valence-electron chi connectivity index (χ3n) is 3.13. The normalized spacial score (nSPS) is 15.9. The van der Waals surface area contributed by atoms with Crippen LogP contribution in [-0.4, -0.2) is 19.4 Å². The molecule has 1 aromatic carbocycles. The standard InChI is InChI=1S/C13H13NO2/c15-9-11-10-5-1-2-6-12(10)16-13(11)14-7-3-4-8-14/h1-2,5-6,9H,3-4,7-8H2. The van der Waals surface area contributed by atoms with Gasteiger partial charge < -0.3 is 9.32 Å². The molecule has 1 aliphatic rings. The first-order chi connectivity index (χ1) is 7.90. The molecule has 1 aromatic heterocycles. The van der Waals surface area contributed by atoms with Gasteiger partial charge in [0.15, 0.2) is 6.29 Å². The maximum Gasteiger partial charge on any atom is 0.207 e. The predicted octanol–water partition coefficient (Wildman–Crippen LogP) is 2.85. The second-order valence-corrected chi connectivity index (χ2v) is 4.13. The van der Waals surface area contributed by atoms with E-state index < -0.39 is 0 Å². The molecule has 1 saturated heterocycles. The summed E-state index contributed by atoms with van der Waals surface area (Å²) in [5, 5.41) is 0.916. The van der Waals surface area contributed by atoms with Gasteiger partial charge in [0, 0.05) is 18.5 Å². The van der Waals surface area contributed by atoms with Gasteiger partial charge in [-0.1, -0.05) is 18.2 Å². The number of fused-ring (bicyclic) bond motifs is 1. The lowest BCUT2D eigenvalue weighted by atomic mass is 10.2. The van der Waals surface area contributed by atoms with Gasteiger partial charge >= 0.3 is 0 Å². The summed E-state index contributed by atoms with van der Waals surface area (Å²) < 4.78 is 5.77. The lowest BCUT2D eigenvalue weighted by Gasteiger charge is -2.13. The van der Waals surface area contributed by atoms with E-state index in [0.29, 0.717) is 5.56 Å². The molecule has 82 valence electrons. The number of rotatable bonds is 2. The van der Waals surface area contributed by atoms with E-state index in [1.165, 1.54) is 12.8 Å². The van der Waals surface area contributed by atoms with E-state index in [-0.39, 0.29) is 0 Å². The topological polar surface area (TPSA) is 33.5 Å². The minimum Gasteiger partial charge on any atom is -0.440 e. The Hall–Kier alpha value is -1.77. The zero-order valence-electron chi connectivity index (χ0n) is 8.98. The van der Waals surface area contributed by atoms with Gasteiger partial charge in [-0.15, -0.1) is 0 Å². The summed E-state index contributed by atoms with van der Waals surface area (Å²) in [6, 6.07) is 7.69. The summed E-state index contributed by atoms with van der Waals surface area (Å²) in [6.07, 6.45) is 3.25. The first kappa shape index (κ1) is 9.46. The molecule has 2 heterocycles. The van der Waals surface area contributed by atoms with Crippen LogP contribution in [0, 0.1) is 0 Å². The average molecular weight is 215 g/mol. The second-order valence-electron chi connectivity index (χ2n) is 4.13. The van der Waals surface area contributed by atoms with E-state index >= 15 is 0 Å². The Morgan fingerprint density at radius 2 is 1.94 bits per heavy atom. The van der Waals surface area contributed by atoms with E-state index in [9.17, 15) is 4.79 Å². The number of anilines is 1. The monoisotopic (exact) mass is 215 g/mol. The summed E-state index contributed by atoms with van der Waals surface area (Å²) in [7, 11) is 0. The Morgan fingerprint density at radius 1 is 1.19 bits per heavy atom. The molecule has 3 heteroatoms. The molecular formula is C13H13NO2. The lowest BCUT2D eigenvalue weighted by Crippen LogP contribution is -2.18. The maximum absolute atomic E-state index is 11.2. The van der Waals surface area contributed by atoms with E-state index in [1.54, 1.807) is 0 Å². The zero-order chi connectivity index (χ0) is 11.0. The van der Waals surface area contributed by atoms with Crippen molar-refractivity contribution in [1.29, 1.82) is 0 Å².